The minimum Gasteiger partial charge on any atom is -0.480 e. The smallest absolute Gasteiger partial charge is 0.325 e. The third kappa shape index (κ3) is 12.4. The van der Waals surface area contributed by atoms with Crippen molar-refractivity contribution in [1.82, 2.24) is 5.32 Å². The van der Waals surface area contributed by atoms with Crippen molar-refractivity contribution in [3.63, 3.8) is 0 Å². The predicted octanol–water partition coefficient (Wildman–Crippen LogP) is -0.986. The van der Waals surface area contributed by atoms with Crippen molar-refractivity contribution in [2.24, 2.45) is 5.73 Å². The lowest BCUT2D eigenvalue weighted by Crippen LogP contribution is -2.36. The SMILES string of the molecule is CC(=O)N[C@H](C)C(=O)O.C[C@@H](N)C(=O)O. The van der Waals surface area contributed by atoms with Crippen molar-refractivity contribution in [3.8, 4) is 0 Å². The van der Waals surface area contributed by atoms with Gasteiger partial charge in [-0.15, -0.1) is 0 Å². The molecule has 2 atom stereocenters. The Kier molecular flexibility index (Phi) is 8.17. The van der Waals surface area contributed by atoms with Crippen molar-refractivity contribution in [2.45, 2.75) is 32.9 Å². The van der Waals surface area contributed by atoms with E-state index in [-0.39, 0.29) is 5.91 Å². The van der Waals surface area contributed by atoms with Gasteiger partial charge < -0.3 is 21.3 Å². The zero-order valence-electron chi connectivity index (χ0n) is 8.85. The molecular weight excluding hydrogens is 204 g/mol. The highest BCUT2D eigenvalue weighted by molar-refractivity contribution is 5.81. The van der Waals surface area contributed by atoms with Gasteiger partial charge in [0.05, 0.1) is 0 Å². The molecule has 7 heteroatoms. The van der Waals surface area contributed by atoms with Crippen LogP contribution in [0.25, 0.3) is 0 Å². The van der Waals surface area contributed by atoms with E-state index in [1.165, 1.54) is 20.8 Å². The summed E-state index contributed by atoms with van der Waals surface area (Å²) in [6.45, 7) is 4.10. The monoisotopic (exact) mass is 220 g/mol. The number of nitrogens with one attached hydrogen (secondary N) is 1. The lowest BCUT2D eigenvalue weighted by atomic mass is 10.3. The molecule has 0 aliphatic carbocycles. The molecule has 0 aromatic carbocycles. The van der Waals surface area contributed by atoms with Crippen LogP contribution in [0.2, 0.25) is 0 Å². The number of carbonyl (C=O) groups excluding carboxylic acids is 1. The van der Waals surface area contributed by atoms with Crippen LogP contribution in [-0.2, 0) is 14.4 Å². The van der Waals surface area contributed by atoms with E-state index in [4.69, 9.17) is 15.9 Å². The normalized spacial score (nSPS) is 12.8. The highest BCUT2D eigenvalue weighted by Crippen LogP contribution is 1.78. The molecule has 0 aromatic rings. The van der Waals surface area contributed by atoms with Crippen LogP contribution < -0.4 is 11.1 Å². The summed E-state index contributed by atoms with van der Waals surface area (Å²) >= 11 is 0. The number of nitrogens with two attached hydrogens (primary N) is 1. The molecule has 0 radical (unpaired) electrons. The van der Waals surface area contributed by atoms with Crippen molar-refractivity contribution in [3.05, 3.63) is 0 Å². The number of hydrogen-bond acceptors (Lipinski definition) is 4. The summed E-state index contributed by atoms with van der Waals surface area (Å²) in [6.07, 6.45) is 0. The Morgan fingerprint density at radius 1 is 1.13 bits per heavy atom. The first-order chi connectivity index (χ1) is 6.68. The van der Waals surface area contributed by atoms with Gasteiger partial charge in [0.15, 0.2) is 0 Å². The molecule has 0 rings (SSSR count). The number of hydrogen-bond donors (Lipinski definition) is 4. The number of rotatable bonds is 3. The van der Waals surface area contributed by atoms with Gasteiger partial charge >= 0.3 is 11.9 Å². The molecule has 1 amide bonds. The molecule has 0 aromatic heterocycles. The molecule has 5 N–H and O–H groups in total. The Bertz CT molecular complexity index is 239. The second-order valence-electron chi connectivity index (χ2n) is 2.89. The number of carbonyl (C=O) groups is 3. The molecule has 0 aliphatic rings. The maximum atomic E-state index is 10.2. The summed E-state index contributed by atoms with van der Waals surface area (Å²) in [4.78, 5) is 29.8. The molecule has 7 nitrogen and oxygen atoms in total. The molecule has 88 valence electrons. The second-order valence-corrected chi connectivity index (χ2v) is 2.89. The van der Waals surface area contributed by atoms with E-state index in [1.807, 2.05) is 0 Å². The summed E-state index contributed by atoms with van der Waals surface area (Å²) in [5, 5.41) is 18.3. The largest absolute Gasteiger partial charge is 0.480 e. The fourth-order valence-electron chi connectivity index (χ4n) is 0.367. The van der Waals surface area contributed by atoms with Gasteiger partial charge in [-0.3, -0.25) is 14.4 Å². The van der Waals surface area contributed by atoms with Gasteiger partial charge in [0.1, 0.15) is 12.1 Å². The standard InChI is InChI=1S/C5H9NO3.C3H7NO2/c1-3(5(8)9)6-4(2)7;1-2(4)3(5)6/h3H,1-2H3,(H,6,7)(H,8,9);2H,4H2,1H3,(H,5,6)/t3-;2-/m11/s1. The van der Waals surface area contributed by atoms with Gasteiger partial charge in [0.25, 0.3) is 0 Å². The maximum absolute atomic E-state index is 10.2. The Morgan fingerprint density at radius 2 is 1.47 bits per heavy atom. The zero-order valence-corrected chi connectivity index (χ0v) is 8.85. The molecular formula is C8H16N2O5. The van der Waals surface area contributed by atoms with Crippen LogP contribution in [0.1, 0.15) is 20.8 Å². The minimum atomic E-state index is -1.02. The van der Waals surface area contributed by atoms with E-state index in [2.05, 4.69) is 5.32 Å². The second kappa shape index (κ2) is 7.74. The average Bonchev–Trinajstić information content (AvgIpc) is 2.03. The van der Waals surface area contributed by atoms with Gasteiger partial charge in [0.2, 0.25) is 5.91 Å². The van der Waals surface area contributed by atoms with Crippen LogP contribution in [-0.4, -0.2) is 40.1 Å². The Morgan fingerprint density at radius 3 is 1.53 bits per heavy atom. The van der Waals surface area contributed by atoms with Crippen molar-refractivity contribution >= 4 is 17.8 Å². The highest BCUT2D eigenvalue weighted by atomic mass is 16.4. The number of carboxylic acids is 2. The number of amides is 1. The van der Waals surface area contributed by atoms with Gasteiger partial charge in [-0.25, -0.2) is 0 Å². The lowest BCUT2D eigenvalue weighted by molar-refractivity contribution is -0.141. The molecule has 0 fully saturated rings. The first-order valence-corrected chi connectivity index (χ1v) is 4.16. The van der Waals surface area contributed by atoms with E-state index in [1.54, 1.807) is 0 Å². The van der Waals surface area contributed by atoms with E-state index in [9.17, 15) is 14.4 Å². The third-order valence-electron chi connectivity index (χ3n) is 1.18. The molecule has 0 saturated carbocycles. The van der Waals surface area contributed by atoms with Gasteiger partial charge in [0, 0.05) is 6.92 Å². The van der Waals surface area contributed by atoms with Gasteiger partial charge in [-0.05, 0) is 13.8 Å². The van der Waals surface area contributed by atoms with Gasteiger partial charge in [-0.2, -0.15) is 0 Å². The summed E-state index contributed by atoms with van der Waals surface area (Å²) in [5.74, 6) is -2.31. The Hall–Kier alpha value is -1.63. The zero-order chi connectivity index (χ0) is 12.6. The van der Waals surface area contributed by atoms with Gasteiger partial charge in [-0.1, -0.05) is 0 Å². The molecule has 0 bridgehead atoms. The third-order valence-corrected chi connectivity index (χ3v) is 1.18. The first kappa shape index (κ1) is 15.8. The Labute approximate surface area is 87.3 Å². The molecule has 0 heterocycles. The summed E-state index contributed by atoms with van der Waals surface area (Å²) in [7, 11) is 0. The molecule has 0 saturated heterocycles. The summed E-state index contributed by atoms with van der Waals surface area (Å²) in [6, 6.07) is -1.52. The quantitative estimate of drug-likeness (QED) is 0.483. The van der Waals surface area contributed by atoms with E-state index in [0.29, 0.717) is 0 Å². The van der Waals surface area contributed by atoms with Crippen LogP contribution in [0, 0.1) is 0 Å². The van der Waals surface area contributed by atoms with E-state index < -0.39 is 24.0 Å². The molecule has 0 spiro atoms. The van der Waals surface area contributed by atoms with Crippen LogP contribution in [0.5, 0.6) is 0 Å². The fraction of sp³-hybridized carbons (Fsp3) is 0.625. The van der Waals surface area contributed by atoms with Crippen molar-refractivity contribution in [1.29, 1.82) is 0 Å². The number of aliphatic carboxylic acids is 2. The average molecular weight is 220 g/mol. The van der Waals surface area contributed by atoms with Crippen LogP contribution in [0.3, 0.4) is 0 Å². The molecule has 0 unspecified atom stereocenters. The first-order valence-electron chi connectivity index (χ1n) is 4.16. The lowest BCUT2D eigenvalue weighted by Gasteiger charge is -2.04. The minimum absolute atomic E-state index is 0.329. The van der Waals surface area contributed by atoms with Crippen molar-refractivity contribution < 1.29 is 24.6 Å². The summed E-state index contributed by atoms with van der Waals surface area (Å²) in [5.41, 5.74) is 4.84. The van der Waals surface area contributed by atoms with Crippen LogP contribution >= 0.6 is 0 Å². The summed E-state index contributed by atoms with van der Waals surface area (Å²) < 4.78 is 0. The van der Waals surface area contributed by atoms with Crippen LogP contribution in [0.15, 0.2) is 0 Å². The fourth-order valence-corrected chi connectivity index (χ4v) is 0.367. The maximum Gasteiger partial charge on any atom is 0.325 e. The molecule has 0 aliphatic heterocycles. The highest BCUT2D eigenvalue weighted by Gasteiger charge is 2.09. The predicted molar refractivity (Wildman–Crippen MR) is 52.2 cm³/mol. The van der Waals surface area contributed by atoms with E-state index in [0.717, 1.165) is 0 Å². The van der Waals surface area contributed by atoms with E-state index >= 15 is 0 Å². The number of carboxylic acid groups (broad SMARTS) is 2. The van der Waals surface area contributed by atoms with Crippen LogP contribution in [0.4, 0.5) is 0 Å². The topological polar surface area (TPSA) is 130 Å². The van der Waals surface area contributed by atoms with Crippen molar-refractivity contribution in [2.75, 3.05) is 0 Å². The molecule has 15 heavy (non-hydrogen) atoms. The Balaban J connectivity index is 0.